The molecule has 2 aliphatic heterocycles. The molecule has 0 spiro atoms. The molecule has 7 nitrogen and oxygen atoms in total. The van der Waals surface area contributed by atoms with Crippen LogP contribution in [-0.2, 0) is 9.53 Å². The van der Waals surface area contributed by atoms with Gasteiger partial charge in [-0.15, -0.1) is 0 Å². The van der Waals surface area contributed by atoms with E-state index in [-0.39, 0.29) is 17.5 Å². The maximum absolute atomic E-state index is 13.6. The maximum atomic E-state index is 13.6. The number of hydrogen-bond acceptors (Lipinski definition) is 5. The predicted octanol–water partition coefficient (Wildman–Crippen LogP) is -0.312. The van der Waals surface area contributed by atoms with E-state index in [9.17, 15) is 14.0 Å². The molecule has 0 aromatic heterocycles. The molecule has 1 aromatic carbocycles. The van der Waals surface area contributed by atoms with Crippen LogP contribution in [0, 0.1) is 5.82 Å². The predicted molar refractivity (Wildman–Crippen MR) is 94.4 cm³/mol. The number of nitrogens with zero attached hydrogens (tertiary/aromatic N) is 2. The lowest BCUT2D eigenvalue weighted by Gasteiger charge is -2.37. The summed E-state index contributed by atoms with van der Waals surface area (Å²) in [7, 11) is 0. The molecule has 1 unspecified atom stereocenters. The van der Waals surface area contributed by atoms with Crippen LogP contribution in [0.1, 0.15) is 10.4 Å². The van der Waals surface area contributed by atoms with Crippen LogP contribution >= 0.6 is 0 Å². The summed E-state index contributed by atoms with van der Waals surface area (Å²) in [6, 6.07) is 5.70. The molecule has 2 N–H and O–H groups in total. The highest BCUT2D eigenvalue weighted by molar-refractivity contribution is 5.94. The van der Waals surface area contributed by atoms with E-state index in [1.54, 1.807) is 12.1 Å². The van der Waals surface area contributed by atoms with Crippen molar-refractivity contribution < 1.29 is 18.7 Å². The third-order valence-corrected chi connectivity index (χ3v) is 4.74. The van der Waals surface area contributed by atoms with Crippen molar-refractivity contribution in [3.8, 4) is 0 Å². The Labute approximate surface area is 152 Å². The van der Waals surface area contributed by atoms with E-state index < -0.39 is 11.7 Å². The number of rotatable bonds is 5. The van der Waals surface area contributed by atoms with Crippen LogP contribution in [0.3, 0.4) is 0 Å². The molecule has 2 amide bonds. The first-order chi connectivity index (χ1) is 12.6. The Morgan fingerprint density at radius 3 is 2.69 bits per heavy atom. The second-order valence-electron chi connectivity index (χ2n) is 6.48. The molecule has 3 rings (SSSR count). The molecule has 2 heterocycles. The topological polar surface area (TPSA) is 73.9 Å². The number of hydrogen-bond donors (Lipinski definition) is 2. The summed E-state index contributed by atoms with van der Waals surface area (Å²) >= 11 is 0. The lowest BCUT2D eigenvalue weighted by atomic mass is 10.2. The van der Waals surface area contributed by atoms with Crippen LogP contribution in [0.5, 0.6) is 0 Å². The minimum atomic E-state index is -0.516. The van der Waals surface area contributed by atoms with Gasteiger partial charge in [0.2, 0.25) is 5.91 Å². The first-order valence-corrected chi connectivity index (χ1v) is 9.00. The van der Waals surface area contributed by atoms with E-state index in [1.807, 2.05) is 4.90 Å². The molecule has 0 bridgehead atoms. The van der Waals surface area contributed by atoms with Gasteiger partial charge in [0.25, 0.3) is 5.91 Å². The third kappa shape index (κ3) is 4.78. The number of carbonyl (C=O) groups excluding carboxylic acids is 2. The fourth-order valence-corrected chi connectivity index (χ4v) is 3.20. The van der Waals surface area contributed by atoms with Gasteiger partial charge in [0.1, 0.15) is 11.9 Å². The van der Waals surface area contributed by atoms with Crippen molar-refractivity contribution >= 4 is 11.8 Å². The summed E-state index contributed by atoms with van der Waals surface area (Å²) in [6.45, 7) is 5.75. The second kappa shape index (κ2) is 9.07. The van der Waals surface area contributed by atoms with Gasteiger partial charge in [0, 0.05) is 45.8 Å². The third-order valence-electron chi connectivity index (χ3n) is 4.74. The standard InChI is InChI=1S/C18H25FN4O3/c19-15-4-2-1-3-14(15)17(24)21-5-7-22-8-10-23(11-9-22)18(25)16-13-26-12-6-20-16/h1-4,16,20H,5-13H2,(H,21,24). The molecule has 1 atom stereocenters. The van der Waals surface area contributed by atoms with Crippen molar-refractivity contribution in [2.24, 2.45) is 0 Å². The normalized spacial score (nSPS) is 21.4. The minimum Gasteiger partial charge on any atom is -0.378 e. The summed E-state index contributed by atoms with van der Waals surface area (Å²) in [5.74, 6) is -0.824. The number of benzene rings is 1. The molecule has 8 heteroatoms. The Bertz CT molecular complexity index is 629. The van der Waals surface area contributed by atoms with Gasteiger partial charge in [0.15, 0.2) is 0 Å². The van der Waals surface area contributed by atoms with Gasteiger partial charge in [-0.3, -0.25) is 14.5 Å². The fourth-order valence-electron chi connectivity index (χ4n) is 3.20. The van der Waals surface area contributed by atoms with Gasteiger partial charge in [-0.25, -0.2) is 4.39 Å². The van der Waals surface area contributed by atoms with E-state index in [1.165, 1.54) is 12.1 Å². The molecular formula is C18H25FN4O3. The fraction of sp³-hybridized carbons (Fsp3) is 0.556. The van der Waals surface area contributed by atoms with Crippen molar-refractivity contribution in [1.29, 1.82) is 0 Å². The van der Waals surface area contributed by atoms with Crippen molar-refractivity contribution in [3.05, 3.63) is 35.6 Å². The van der Waals surface area contributed by atoms with E-state index in [0.717, 1.165) is 13.1 Å². The number of halogens is 1. The average molecular weight is 364 g/mol. The van der Waals surface area contributed by atoms with E-state index in [0.29, 0.717) is 45.9 Å². The smallest absolute Gasteiger partial charge is 0.254 e. The first kappa shape index (κ1) is 18.8. The second-order valence-corrected chi connectivity index (χ2v) is 6.48. The zero-order chi connectivity index (χ0) is 18.4. The van der Waals surface area contributed by atoms with Gasteiger partial charge in [-0.05, 0) is 12.1 Å². The molecule has 26 heavy (non-hydrogen) atoms. The first-order valence-electron chi connectivity index (χ1n) is 9.00. The summed E-state index contributed by atoms with van der Waals surface area (Å²) in [4.78, 5) is 28.5. The lowest BCUT2D eigenvalue weighted by Crippen LogP contribution is -2.57. The van der Waals surface area contributed by atoms with Crippen molar-refractivity contribution in [2.45, 2.75) is 6.04 Å². The highest BCUT2D eigenvalue weighted by atomic mass is 19.1. The molecule has 2 fully saturated rings. The Hall–Kier alpha value is -2.03. The van der Waals surface area contributed by atoms with Crippen molar-refractivity contribution in [1.82, 2.24) is 20.4 Å². The largest absolute Gasteiger partial charge is 0.378 e. The van der Waals surface area contributed by atoms with Crippen LogP contribution in [0.2, 0.25) is 0 Å². The van der Waals surface area contributed by atoms with Crippen LogP contribution in [-0.4, -0.2) is 86.7 Å². The van der Waals surface area contributed by atoms with Crippen LogP contribution in [0.25, 0.3) is 0 Å². The molecule has 1 aromatic rings. The molecule has 2 saturated heterocycles. The molecule has 2 aliphatic rings. The van der Waals surface area contributed by atoms with E-state index in [4.69, 9.17) is 4.74 Å². The average Bonchev–Trinajstić information content (AvgIpc) is 2.69. The summed E-state index contributed by atoms with van der Waals surface area (Å²) in [5, 5.41) is 5.93. The Balaban J connectivity index is 1.37. The highest BCUT2D eigenvalue weighted by Gasteiger charge is 2.28. The summed E-state index contributed by atoms with van der Waals surface area (Å²) < 4.78 is 18.9. The Morgan fingerprint density at radius 2 is 2.00 bits per heavy atom. The van der Waals surface area contributed by atoms with Crippen molar-refractivity contribution in [2.75, 3.05) is 59.0 Å². The van der Waals surface area contributed by atoms with Crippen LogP contribution in [0.4, 0.5) is 4.39 Å². The van der Waals surface area contributed by atoms with Crippen LogP contribution < -0.4 is 10.6 Å². The molecular weight excluding hydrogens is 339 g/mol. The van der Waals surface area contributed by atoms with Gasteiger partial charge in [0.05, 0.1) is 18.8 Å². The number of morpholine rings is 1. The maximum Gasteiger partial charge on any atom is 0.254 e. The zero-order valence-corrected chi connectivity index (χ0v) is 14.7. The number of ether oxygens (including phenoxy) is 1. The molecule has 142 valence electrons. The summed E-state index contributed by atoms with van der Waals surface area (Å²) in [6.07, 6.45) is 0. The van der Waals surface area contributed by atoms with Gasteiger partial charge >= 0.3 is 0 Å². The number of nitrogens with one attached hydrogen (secondary N) is 2. The summed E-state index contributed by atoms with van der Waals surface area (Å²) in [5.41, 5.74) is 0.0603. The minimum absolute atomic E-state index is 0.0603. The monoisotopic (exact) mass is 364 g/mol. The number of carbonyl (C=O) groups is 2. The van der Waals surface area contributed by atoms with Gasteiger partial charge in [-0.2, -0.15) is 0 Å². The number of amides is 2. The quantitative estimate of drug-likeness (QED) is 0.750. The van der Waals surface area contributed by atoms with E-state index >= 15 is 0 Å². The Morgan fingerprint density at radius 1 is 1.23 bits per heavy atom. The molecule has 0 radical (unpaired) electrons. The molecule has 0 saturated carbocycles. The van der Waals surface area contributed by atoms with E-state index in [2.05, 4.69) is 15.5 Å². The van der Waals surface area contributed by atoms with Gasteiger partial charge < -0.3 is 20.3 Å². The zero-order valence-electron chi connectivity index (χ0n) is 14.7. The van der Waals surface area contributed by atoms with Gasteiger partial charge in [-0.1, -0.05) is 12.1 Å². The SMILES string of the molecule is O=C(NCCN1CCN(C(=O)C2COCCN2)CC1)c1ccccc1F. The lowest BCUT2D eigenvalue weighted by molar-refractivity contribution is -0.138. The van der Waals surface area contributed by atoms with Crippen molar-refractivity contribution in [3.63, 3.8) is 0 Å². The van der Waals surface area contributed by atoms with Crippen LogP contribution in [0.15, 0.2) is 24.3 Å². The molecule has 0 aliphatic carbocycles. The number of piperazine rings is 1. The Kier molecular flexibility index (Phi) is 6.54. The highest BCUT2D eigenvalue weighted by Crippen LogP contribution is 2.07.